The number of nitrogens with two attached hydrogens (primary N) is 1. The topological polar surface area (TPSA) is 136 Å². The van der Waals surface area contributed by atoms with Crippen LogP contribution in [0.5, 0.6) is 0 Å². The van der Waals surface area contributed by atoms with Crippen molar-refractivity contribution < 1.29 is 19.6 Å². The second-order valence-corrected chi connectivity index (χ2v) is 4.76. The minimum atomic E-state index is -0.954. The zero-order valence-corrected chi connectivity index (χ0v) is 10.5. The number of aliphatic carboxylic acids is 1. The first-order valence-electron chi connectivity index (χ1n) is 5.92. The first-order valence-corrected chi connectivity index (χ1v) is 5.92. The highest BCUT2D eigenvalue weighted by Gasteiger charge is 2.50. The summed E-state index contributed by atoms with van der Waals surface area (Å²) in [7, 11) is 0. The molecular weight excluding hydrogens is 266 g/mol. The quantitative estimate of drug-likeness (QED) is 0.414. The van der Waals surface area contributed by atoms with Gasteiger partial charge in [-0.2, -0.15) is 0 Å². The maximum absolute atomic E-state index is 11.9. The second kappa shape index (κ2) is 4.80. The zero-order chi connectivity index (χ0) is 14.9. The van der Waals surface area contributed by atoms with Crippen LogP contribution in [0.15, 0.2) is 18.2 Å². The van der Waals surface area contributed by atoms with E-state index in [-0.39, 0.29) is 23.5 Å². The van der Waals surface area contributed by atoms with Gasteiger partial charge in [0.1, 0.15) is 5.69 Å². The molecule has 0 saturated heterocycles. The highest BCUT2D eigenvalue weighted by molar-refractivity contribution is 6.01. The predicted molar refractivity (Wildman–Crippen MR) is 69.1 cm³/mol. The van der Waals surface area contributed by atoms with Gasteiger partial charge in [0.15, 0.2) is 0 Å². The van der Waals surface area contributed by atoms with E-state index in [1.165, 1.54) is 18.2 Å². The molecule has 0 radical (unpaired) electrons. The number of amides is 1. The Balaban J connectivity index is 2.12. The average molecular weight is 279 g/mol. The van der Waals surface area contributed by atoms with E-state index < -0.39 is 22.2 Å². The minimum absolute atomic E-state index is 0.0106. The lowest BCUT2D eigenvalue weighted by Crippen LogP contribution is -2.34. The molecule has 1 saturated carbocycles. The molecule has 4 N–H and O–H groups in total. The number of carboxylic acid groups (broad SMARTS) is 1. The second-order valence-electron chi connectivity index (χ2n) is 4.76. The lowest BCUT2D eigenvalue weighted by atomic mass is 10.1. The normalized spacial score (nSPS) is 15.4. The van der Waals surface area contributed by atoms with E-state index in [1.807, 2.05) is 0 Å². The third-order valence-electron chi connectivity index (χ3n) is 3.42. The molecule has 1 aliphatic rings. The fourth-order valence-corrected chi connectivity index (χ4v) is 1.87. The molecule has 20 heavy (non-hydrogen) atoms. The van der Waals surface area contributed by atoms with Crippen LogP contribution in [0.3, 0.4) is 0 Å². The van der Waals surface area contributed by atoms with Crippen molar-refractivity contribution >= 4 is 23.3 Å². The van der Waals surface area contributed by atoms with Gasteiger partial charge < -0.3 is 16.2 Å². The van der Waals surface area contributed by atoms with Gasteiger partial charge in [0.05, 0.1) is 15.9 Å². The first-order chi connectivity index (χ1) is 9.37. The molecule has 0 heterocycles. The number of nitro groups is 1. The monoisotopic (exact) mass is 279 g/mol. The largest absolute Gasteiger partial charge is 0.481 e. The summed E-state index contributed by atoms with van der Waals surface area (Å²) in [5.74, 6) is -1.57. The van der Waals surface area contributed by atoms with Crippen LogP contribution in [0, 0.1) is 15.5 Å². The number of benzene rings is 1. The highest BCUT2D eigenvalue weighted by Crippen LogP contribution is 2.45. The van der Waals surface area contributed by atoms with Crippen LogP contribution in [0.25, 0.3) is 0 Å². The molecular formula is C12H13N3O5. The number of hydrogen-bond acceptors (Lipinski definition) is 5. The summed E-state index contributed by atoms with van der Waals surface area (Å²) >= 11 is 0. The minimum Gasteiger partial charge on any atom is -0.481 e. The molecule has 0 aromatic heterocycles. The molecule has 8 nitrogen and oxygen atoms in total. The standard InChI is InChI=1S/C12H13N3O5/c13-9-7(2-1-3-8(9)15(19)20)10(16)14-6-12(4-5-12)11(17)18/h1-3H,4-6,13H2,(H,14,16)(H,17,18). The maximum Gasteiger partial charge on any atom is 0.311 e. The molecule has 0 unspecified atom stereocenters. The van der Waals surface area contributed by atoms with Crippen LogP contribution in [-0.2, 0) is 4.79 Å². The fourth-order valence-electron chi connectivity index (χ4n) is 1.87. The van der Waals surface area contributed by atoms with E-state index >= 15 is 0 Å². The van der Waals surface area contributed by atoms with E-state index in [1.54, 1.807) is 0 Å². The number of hydrogen-bond donors (Lipinski definition) is 3. The molecule has 0 atom stereocenters. The van der Waals surface area contributed by atoms with Crippen LogP contribution in [0.2, 0.25) is 0 Å². The third kappa shape index (κ3) is 2.40. The van der Waals surface area contributed by atoms with E-state index in [9.17, 15) is 19.7 Å². The van der Waals surface area contributed by atoms with Crippen molar-refractivity contribution in [2.75, 3.05) is 12.3 Å². The van der Waals surface area contributed by atoms with Crippen LogP contribution in [0.1, 0.15) is 23.2 Å². The van der Waals surface area contributed by atoms with Crippen molar-refractivity contribution in [2.24, 2.45) is 5.41 Å². The van der Waals surface area contributed by atoms with Gasteiger partial charge in [0, 0.05) is 12.6 Å². The third-order valence-corrected chi connectivity index (χ3v) is 3.42. The Bertz CT molecular complexity index is 595. The molecule has 1 amide bonds. The Labute approximate surface area is 113 Å². The number of carbonyl (C=O) groups excluding carboxylic acids is 1. The van der Waals surface area contributed by atoms with Gasteiger partial charge >= 0.3 is 5.97 Å². The van der Waals surface area contributed by atoms with Gasteiger partial charge in [0.25, 0.3) is 11.6 Å². The smallest absolute Gasteiger partial charge is 0.311 e. The van der Waals surface area contributed by atoms with Crippen molar-refractivity contribution in [3.63, 3.8) is 0 Å². The molecule has 0 bridgehead atoms. The van der Waals surface area contributed by atoms with Gasteiger partial charge in [0.2, 0.25) is 0 Å². The number of carbonyl (C=O) groups is 2. The molecule has 106 valence electrons. The lowest BCUT2D eigenvalue weighted by Gasteiger charge is -2.12. The Kier molecular flexibility index (Phi) is 3.31. The van der Waals surface area contributed by atoms with Crippen LogP contribution >= 0.6 is 0 Å². The van der Waals surface area contributed by atoms with Gasteiger partial charge in [-0.1, -0.05) is 6.07 Å². The molecule has 1 aliphatic carbocycles. The summed E-state index contributed by atoms with van der Waals surface area (Å²) < 4.78 is 0. The predicted octanol–water partition coefficient (Wildman–Crippen LogP) is 0.772. The zero-order valence-electron chi connectivity index (χ0n) is 10.5. The van der Waals surface area contributed by atoms with E-state index in [0.717, 1.165) is 0 Å². The molecule has 1 aromatic carbocycles. The molecule has 1 fully saturated rings. The van der Waals surface area contributed by atoms with Crippen molar-refractivity contribution in [1.29, 1.82) is 0 Å². The summed E-state index contributed by atoms with van der Waals surface area (Å²) in [5.41, 5.74) is 4.08. The number of carboxylic acids is 1. The van der Waals surface area contributed by atoms with Crippen LogP contribution in [0.4, 0.5) is 11.4 Å². The first kappa shape index (κ1) is 13.8. The van der Waals surface area contributed by atoms with Crippen molar-refractivity contribution in [3.05, 3.63) is 33.9 Å². The Morgan fingerprint density at radius 1 is 1.45 bits per heavy atom. The Morgan fingerprint density at radius 3 is 2.60 bits per heavy atom. The fraction of sp³-hybridized carbons (Fsp3) is 0.333. The Morgan fingerprint density at radius 2 is 2.10 bits per heavy atom. The molecule has 0 aliphatic heterocycles. The Hall–Kier alpha value is -2.64. The summed E-state index contributed by atoms with van der Waals surface area (Å²) in [4.78, 5) is 33.0. The van der Waals surface area contributed by atoms with Crippen LogP contribution < -0.4 is 11.1 Å². The summed E-state index contributed by atoms with van der Waals surface area (Å²) in [5, 5.41) is 22.2. The number of nitrogens with zero attached hydrogens (tertiary/aromatic N) is 1. The van der Waals surface area contributed by atoms with E-state index in [0.29, 0.717) is 12.8 Å². The van der Waals surface area contributed by atoms with Gasteiger partial charge in [-0.3, -0.25) is 19.7 Å². The van der Waals surface area contributed by atoms with Crippen molar-refractivity contribution in [3.8, 4) is 0 Å². The van der Waals surface area contributed by atoms with Gasteiger partial charge in [-0.25, -0.2) is 0 Å². The molecule has 0 spiro atoms. The molecule has 8 heteroatoms. The summed E-state index contributed by atoms with van der Waals surface area (Å²) in [6, 6.07) is 3.91. The lowest BCUT2D eigenvalue weighted by molar-refractivity contribution is -0.383. The van der Waals surface area contributed by atoms with Gasteiger partial charge in [-0.05, 0) is 18.9 Å². The number of para-hydroxylation sites is 1. The number of rotatable bonds is 5. The van der Waals surface area contributed by atoms with E-state index in [4.69, 9.17) is 10.8 Å². The van der Waals surface area contributed by atoms with E-state index in [2.05, 4.69) is 5.32 Å². The maximum atomic E-state index is 11.9. The summed E-state index contributed by atoms with van der Waals surface area (Å²) in [6.07, 6.45) is 1.01. The summed E-state index contributed by atoms with van der Waals surface area (Å²) in [6.45, 7) is -0.0106. The number of nitrogen functional groups attached to an aromatic ring is 1. The van der Waals surface area contributed by atoms with Crippen molar-refractivity contribution in [1.82, 2.24) is 5.32 Å². The molecule has 2 rings (SSSR count). The van der Waals surface area contributed by atoms with Crippen molar-refractivity contribution in [2.45, 2.75) is 12.8 Å². The number of anilines is 1. The number of nitrogens with one attached hydrogen (secondary N) is 1. The highest BCUT2D eigenvalue weighted by atomic mass is 16.6. The van der Waals surface area contributed by atoms with Crippen LogP contribution in [-0.4, -0.2) is 28.5 Å². The average Bonchev–Trinajstić information content (AvgIpc) is 3.17. The van der Waals surface area contributed by atoms with Gasteiger partial charge in [-0.15, -0.1) is 0 Å². The SMILES string of the molecule is Nc1c(C(=O)NCC2(C(=O)O)CC2)cccc1[N+](=O)[O-]. The number of nitro benzene ring substituents is 1. The molecule has 1 aromatic rings.